The van der Waals surface area contributed by atoms with Gasteiger partial charge >= 0.3 is 18.1 Å². The lowest BCUT2D eigenvalue weighted by Gasteiger charge is -2.25. The van der Waals surface area contributed by atoms with Crippen LogP contribution in [0.1, 0.15) is 94.9 Å². The van der Waals surface area contributed by atoms with Crippen LogP contribution in [0.2, 0.25) is 20.1 Å². The number of ether oxygens (including phenoxy) is 3. The van der Waals surface area contributed by atoms with Crippen LogP contribution < -0.4 is 62.7 Å². The molecule has 12 rings (SSSR count). The summed E-state index contributed by atoms with van der Waals surface area (Å²) in [6.07, 6.45) is 0. The number of nitrogens with zero attached hydrogens (tertiary/aromatic N) is 3. The molecule has 0 bridgehead atoms. The number of aromatic nitrogens is 3. The van der Waals surface area contributed by atoms with Crippen molar-refractivity contribution in [2.24, 2.45) is 0 Å². The quantitative estimate of drug-likeness (QED) is 0.0238. The van der Waals surface area contributed by atoms with Crippen LogP contribution in [0.15, 0.2) is 241 Å². The van der Waals surface area contributed by atoms with Crippen LogP contribution in [0.3, 0.4) is 0 Å². The minimum atomic E-state index is -1.34. The van der Waals surface area contributed by atoms with E-state index in [0.717, 1.165) is 33.6 Å². The summed E-state index contributed by atoms with van der Waals surface area (Å²) in [6, 6.07) is 61.8. The summed E-state index contributed by atoms with van der Waals surface area (Å²) in [4.78, 5) is 126. The van der Waals surface area contributed by atoms with Crippen molar-refractivity contribution in [3.05, 3.63) is 300 Å². The van der Waals surface area contributed by atoms with E-state index in [4.69, 9.17) is 60.6 Å². The molecule has 576 valence electrons. The first-order valence-corrected chi connectivity index (χ1v) is 38.2. The molecule has 3 aromatic heterocycles. The zero-order chi connectivity index (χ0) is 81.0. The number of anilines is 3. The van der Waals surface area contributed by atoms with E-state index in [1.165, 1.54) is 34.0 Å². The molecule has 0 atom stereocenters. The number of urea groups is 3. The third-order valence-corrected chi connectivity index (χ3v) is 19.3. The number of amides is 9. The first kappa shape index (κ1) is 83.1. The van der Waals surface area contributed by atoms with Crippen molar-refractivity contribution in [2.75, 3.05) is 16.0 Å². The van der Waals surface area contributed by atoms with E-state index in [1.54, 1.807) is 205 Å². The average Bonchev–Trinajstić information content (AvgIpc) is 1.71. The number of rotatable bonds is 21. The normalized spacial score (nSPS) is 10.9. The smallest absolute Gasteiger partial charge is 0.339 e. The Hall–Kier alpha value is -12.3. The molecule has 9 amide bonds. The Balaban J connectivity index is 0.000000180. The number of carbonyl (C=O) groups excluding carboxylic acids is 9. The van der Waals surface area contributed by atoms with Gasteiger partial charge in [0.2, 0.25) is 0 Å². The fourth-order valence-corrected chi connectivity index (χ4v) is 12.5. The van der Waals surface area contributed by atoms with Gasteiger partial charge in [-0.3, -0.25) is 61.0 Å². The third kappa shape index (κ3) is 24.1. The number of hydrogen-bond donors (Lipinski definition) is 9. The molecular formula is C82H70Cl4N12O12S3. The van der Waals surface area contributed by atoms with Gasteiger partial charge in [0.05, 0.1) is 17.1 Å². The number of nitrogens with one attached hydrogen (secondary N) is 9. The topological polar surface area (TPSA) is 328 Å². The number of aryl methyl sites for hydroxylation is 1. The highest BCUT2D eigenvalue weighted by Crippen LogP contribution is 2.31. The fraction of sp³-hybridized carbons (Fsp3) is 0.122. The molecule has 0 unspecified atom stereocenters. The molecule has 113 heavy (non-hydrogen) atoms. The molecule has 0 saturated heterocycles. The Bertz CT molecular complexity index is 5140. The number of benzene rings is 9. The predicted octanol–water partition coefficient (Wildman–Crippen LogP) is 18.1. The first-order valence-electron chi connectivity index (χ1n) is 34.1. The molecule has 31 heteroatoms. The lowest BCUT2D eigenvalue weighted by molar-refractivity contribution is -0.135. The summed E-state index contributed by atoms with van der Waals surface area (Å²) in [6.45, 7) is 11.3. The molecule has 3 heterocycles. The van der Waals surface area contributed by atoms with Crippen molar-refractivity contribution in [3.63, 3.8) is 0 Å². The number of thiazole rings is 3. The Morgan fingerprint density at radius 1 is 0.301 bits per heavy atom. The van der Waals surface area contributed by atoms with Gasteiger partial charge in [0.1, 0.15) is 17.2 Å². The van der Waals surface area contributed by atoms with Crippen LogP contribution in [0, 0.1) is 6.92 Å². The maximum Gasteiger partial charge on any atom is 0.339 e. The van der Waals surface area contributed by atoms with E-state index in [-0.39, 0.29) is 17.3 Å². The largest absolute Gasteiger partial charge is 0.478 e. The first-order chi connectivity index (χ1) is 53.9. The number of hydrazine groups is 3. The van der Waals surface area contributed by atoms with Gasteiger partial charge in [0.15, 0.2) is 49.5 Å². The Labute approximate surface area is 680 Å². The summed E-state index contributed by atoms with van der Waals surface area (Å²) in [5.41, 5.74) is 18.9. The predicted molar refractivity (Wildman–Crippen MR) is 441 cm³/mol. The van der Waals surface area contributed by atoms with Crippen LogP contribution in [-0.2, 0) is 14.4 Å². The standard InChI is InChI=1S/C28H25ClN4O4S.C27H22Cl2N4O4S.C27H23ClN4O4S/c1-17-4-6-18(7-5-17)23-16-38-27(30-23)31-26(36)33-32-25(35)28(2,3)37-22-14-10-20(11-15-22)24(34)19-8-12-21(29)13-9-19;1-27(2,37-21-13-7-18(8-14-21)23(34)17-5-11-20(29)12-6-17)24(35)32-33-25(36)31-26-30-22(15-38-26)16-3-9-19(28)10-4-16;1-27(2,36-21-14-10-19(11-15-21)23(33)18-8-12-20(28)13-9-18)24(34)31-32-25(35)30-26-29-22(16-37-26)17-6-4-3-5-7-17/h4-16H,1-3H3,(H,32,35)(H2,30,31,33,36);3-15H,1-2H3,(H,32,35)(H2,30,31,33,36);3-16H,1-2H3,(H,31,34)(H2,29,30,32,35). The highest BCUT2D eigenvalue weighted by molar-refractivity contribution is 7.14. The molecule has 9 N–H and O–H groups in total. The monoisotopic (exact) mass is 1650 g/mol. The second-order valence-electron chi connectivity index (χ2n) is 25.9. The highest BCUT2D eigenvalue weighted by atomic mass is 35.5. The van der Waals surface area contributed by atoms with Gasteiger partial charge in [-0.2, -0.15) is 0 Å². The summed E-state index contributed by atoms with van der Waals surface area (Å²) in [5, 5.41) is 16.6. The van der Waals surface area contributed by atoms with Crippen LogP contribution in [-0.4, -0.2) is 84.9 Å². The maximum atomic E-state index is 12.7. The van der Waals surface area contributed by atoms with E-state index in [9.17, 15) is 43.2 Å². The van der Waals surface area contributed by atoms with Crippen molar-refractivity contribution < 1.29 is 57.4 Å². The molecule has 0 aliphatic heterocycles. The second kappa shape index (κ2) is 38.1. The highest BCUT2D eigenvalue weighted by Gasteiger charge is 2.33. The Morgan fingerprint density at radius 3 is 0.796 bits per heavy atom. The van der Waals surface area contributed by atoms with Gasteiger partial charge < -0.3 is 14.2 Å². The Morgan fingerprint density at radius 2 is 0.531 bits per heavy atom. The van der Waals surface area contributed by atoms with Crippen molar-refractivity contribution in [3.8, 4) is 51.0 Å². The minimum Gasteiger partial charge on any atom is -0.478 e. The third-order valence-electron chi connectivity index (χ3n) is 16.0. The van der Waals surface area contributed by atoms with Crippen LogP contribution in [0.5, 0.6) is 17.2 Å². The molecule has 9 aromatic carbocycles. The van der Waals surface area contributed by atoms with E-state index >= 15 is 0 Å². The van der Waals surface area contributed by atoms with Crippen LogP contribution >= 0.6 is 80.4 Å². The summed E-state index contributed by atoms with van der Waals surface area (Å²) in [7, 11) is 0. The van der Waals surface area contributed by atoms with E-state index in [2.05, 4.69) is 63.5 Å². The van der Waals surface area contributed by atoms with Gasteiger partial charge in [0, 0.05) is 86.3 Å². The lowest BCUT2D eigenvalue weighted by Crippen LogP contribution is -2.53. The zero-order valence-electron chi connectivity index (χ0n) is 61.1. The second-order valence-corrected chi connectivity index (χ2v) is 30.2. The van der Waals surface area contributed by atoms with E-state index in [1.807, 2.05) is 84.4 Å². The van der Waals surface area contributed by atoms with Gasteiger partial charge in [0.25, 0.3) is 17.7 Å². The van der Waals surface area contributed by atoms with Crippen molar-refractivity contribution >= 4 is 149 Å². The molecule has 0 radical (unpaired) electrons. The van der Waals surface area contributed by atoms with Crippen molar-refractivity contribution in [2.45, 2.75) is 65.3 Å². The van der Waals surface area contributed by atoms with Crippen LogP contribution in [0.25, 0.3) is 33.8 Å². The van der Waals surface area contributed by atoms with Crippen molar-refractivity contribution in [1.29, 1.82) is 0 Å². The van der Waals surface area contributed by atoms with E-state index < -0.39 is 52.6 Å². The summed E-state index contributed by atoms with van der Waals surface area (Å²) >= 11 is 27.3. The molecule has 0 saturated carbocycles. The molecular weight excluding hydrogens is 1580 g/mol. The fourth-order valence-electron chi connectivity index (χ4n) is 9.87. The molecule has 0 aliphatic rings. The number of hydrogen-bond acceptors (Lipinski definition) is 18. The van der Waals surface area contributed by atoms with Crippen LogP contribution in [0.4, 0.5) is 29.8 Å². The number of halogens is 4. The van der Waals surface area contributed by atoms with Gasteiger partial charge in [-0.1, -0.05) is 119 Å². The SMILES string of the molecule is CC(C)(Oc1ccc(C(=O)c2ccc(Cl)cc2)cc1)C(=O)NNC(=O)Nc1nc(-c2ccc(Cl)cc2)cs1.CC(C)(Oc1ccc(C(=O)c2ccc(Cl)cc2)cc1)C(=O)NNC(=O)Nc1nc(-c2ccccc2)cs1.Cc1ccc(-c2csc(NC(=O)NNC(=O)C(C)(C)Oc3ccc(C(=O)c4ccc(Cl)cc4)cc3)n2)cc1. The number of ketones is 3. The molecule has 0 aliphatic carbocycles. The Kier molecular flexibility index (Phi) is 28.0. The summed E-state index contributed by atoms with van der Waals surface area (Å²) in [5.74, 6) is -1.09. The van der Waals surface area contributed by atoms with E-state index in [0.29, 0.717) is 91.8 Å². The average molecular weight is 1650 g/mol. The summed E-state index contributed by atoms with van der Waals surface area (Å²) < 4.78 is 17.4. The molecule has 12 aromatic rings. The lowest BCUT2D eigenvalue weighted by atomic mass is 10.0. The molecule has 0 fully saturated rings. The zero-order valence-corrected chi connectivity index (χ0v) is 66.5. The van der Waals surface area contributed by atoms with Gasteiger partial charge in [-0.05, 0) is 206 Å². The number of carbonyl (C=O) groups is 9. The van der Waals surface area contributed by atoms with Gasteiger partial charge in [-0.15, -0.1) is 34.0 Å². The molecule has 24 nitrogen and oxygen atoms in total. The minimum absolute atomic E-state index is 0.161. The molecule has 0 spiro atoms. The van der Waals surface area contributed by atoms with Gasteiger partial charge in [-0.25, -0.2) is 45.6 Å². The van der Waals surface area contributed by atoms with Crippen molar-refractivity contribution in [1.82, 2.24) is 47.5 Å². The maximum absolute atomic E-state index is 12.7.